The minimum atomic E-state index is 0.0275. The maximum absolute atomic E-state index is 11.7. The Morgan fingerprint density at radius 1 is 1.14 bits per heavy atom. The molecule has 1 amide bonds. The molecule has 4 nitrogen and oxygen atoms in total. The van der Waals surface area contributed by atoms with E-state index >= 15 is 0 Å². The molecule has 0 spiro atoms. The van der Waals surface area contributed by atoms with Gasteiger partial charge in [-0.3, -0.25) is 4.79 Å². The van der Waals surface area contributed by atoms with Crippen molar-refractivity contribution in [1.29, 1.82) is 0 Å². The molecule has 0 unspecified atom stereocenters. The third-order valence-electron chi connectivity index (χ3n) is 3.27. The predicted octanol–water partition coefficient (Wildman–Crippen LogP) is 3.01. The molecule has 0 atom stereocenters. The molecule has 2 aromatic rings. The summed E-state index contributed by atoms with van der Waals surface area (Å²) in [6.45, 7) is 3.17. The lowest BCUT2D eigenvalue weighted by Gasteiger charge is -2.12. The second kappa shape index (κ2) is 8.20. The van der Waals surface area contributed by atoms with Crippen LogP contribution in [0.3, 0.4) is 0 Å². The van der Waals surface area contributed by atoms with Gasteiger partial charge in [0.25, 0.3) is 0 Å². The topological polar surface area (TPSA) is 50.4 Å². The van der Waals surface area contributed by atoms with Gasteiger partial charge in [-0.2, -0.15) is 0 Å². The summed E-state index contributed by atoms with van der Waals surface area (Å²) in [7, 11) is 1.83. The monoisotopic (exact) mass is 298 g/mol. The van der Waals surface area contributed by atoms with Crippen LogP contribution in [0.1, 0.15) is 17.5 Å². The number of carbonyl (C=O) groups is 1. The molecule has 0 fully saturated rings. The molecular formula is C18H22N2O2. The molecule has 0 aromatic heterocycles. The second-order valence-electron chi connectivity index (χ2n) is 5.16. The molecule has 116 valence electrons. The molecule has 0 saturated heterocycles. The van der Waals surface area contributed by atoms with Crippen LogP contribution in [0.15, 0.2) is 48.5 Å². The van der Waals surface area contributed by atoms with Crippen molar-refractivity contribution in [2.75, 3.05) is 13.6 Å². The van der Waals surface area contributed by atoms with Crippen molar-refractivity contribution in [2.45, 2.75) is 19.9 Å². The van der Waals surface area contributed by atoms with Crippen LogP contribution < -0.4 is 15.4 Å². The van der Waals surface area contributed by atoms with Gasteiger partial charge in [0.2, 0.25) is 5.91 Å². The van der Waals surface area contributed by atoms with Crippen LogP contribution in [-0.4, -0.2) is 19.5 Å². The summed E-state index contributed by atoms with van der Waals surface area (Å²) in [5.74, 6) is 1.59. The van der Waals surface area contributed by atoms with Gasteiger partial charge < -0.3 is 15.4 Å². The standard InChI is InChI=1S/C18H22N2O2/c1-14-6-5-8-16(12-14)22-17-9-4-3-7-15(17)13-20-18(21)10-11-19-2/h3-9,12,19H,10-11,13H2,1-2H3,(H,20,21). The van der Waals surface area contributed by atoms with Crippen LogP contribution in [-0.2, 0) is 11.3 Å². The summed E-state index contributed by atoms with van der Waals surface area (Å²) in [5.41, 5.74) is 2.11. The normalized spacial score (nSPS) is 10.3. The zero-order valence-corrected chi connectivity index (χ0v) is 13.1. The summed E-state index contributed by atoms with van der Waals surface area (Å²) in [4.78, 5) is 11.7. The molecule has 22 heavy (non-hydrogen) atoms. The highest BCUT2D eigenvalue weighted by Crippen LogP contribution is 2.25. The quantitative estimate of drug-likeness (QED) is 0.826. The molecule has 0 aliphatic carbocycles. The lowest BCUT2D eigenvalue weighted by atomic mass is 10.2. The third kappa shape index (κ3) is 4.90. The molecule has 2 N–H and O–H groups in total. The number of hydrogen-bond donors (Lipinski definition) is 2. The molecule has 0 radical (unpaired) electrons. The number of amides is 1. The minimum absolute atomic E-state index is 0.0275. The van der Waals surface area contributed by atoms with E-state index in [1.165, 1.54) is 0 Å². The van der Waals surface area contributed by atoms with E-state index in [0.29, 0.717) is 19.5 Å². The Morgan fingerprint density at radius 3 is 2.73 bits per heavy atom. The Balaban J connectivity index is 2.02. The molecular weight excluding hydrogens is 276 g/mol. The first-order valence-electron chi connectivity index (χ1n) is 7.43. The highest BCUT2D eigenvalue weighted by molar-refractivity contribution is 5.76. The van der Waals surface area contributed by atoms with Crippen molar-refractivity contribution in [1.82, 2.24) is 10.6 Å². The van der Waals surface area contributed by atoms with Gasteiger partial charge in [-0.25, -0.2) is 0 Å². The van der Waals surface area contributed by atoms with Gasteiger partial charge in [-0.1, -0.05) is 30.3 Å². The Hall–Kier alpha value is -2.33. The van der Waals surface area contributed by atoms with Gasteiger partial charge in [0.15, 0.2) is 0 Å². The summed E-state index contributed by atoms with van der Waals surface area (Å²) in [6.07, 6.45) is 0.470. The average Bonchev–Trinajstić information content (AvgIpc) is 2.52. The Morgan fingerprint density at radius 2 is 1.95 bits per heavy atom. The number of nitrogens with one attached hydrogen (secondary N) is 2. The van der Waals surface area contributed by atoms with E-state index in [1.54, 1.807) is 0 Å². The molecule has 0 aliphatic heterocycles. The zero-order chi connectivity index (χ0) is 15.8. The predicted molar refractivity (Wildman–Crippen MR) is 88.1 cm³/mol. The van der Waals surface area contributed by atoms with E-state index in [2.05, 4.69) is 10.6 Å². The van der Waals surface area contributed by atoms with Gasteiger partial charge in [0.05, 0.1) is 0 Å². The van der Waals surface area contributed by atoms with Crippen molar-refractivity contribution >= 4 is 5.91 Å². The maximum Gasteiger partial charge on any atom is 0.221 e. The number of ether oxygens (including phenoxy) is 1. The lowest BCUT2D eigenvalue weighted by Crippen LogP contribution is -2.26. The second-order valence-corrected chi connectivity index (χ2v) is 5.16. The highest BCUT2D eigenvalue weighted by Gasteiger charge is 2.06. The summed E-state index contributed by atoms with van der Waals surface area (Å²) >= 11 is 0. The van der Waals surface area contributed by atoms with Crippen LogP contribution >= 0.6 is 0 Å². The number of rotatable bonds is 7. The van der Waals surface area contributed by atoms with Crippen molar-refractivity contribution in [2.24, 2.45) is 0 Å². The highest BCUT2D eigenvalue weighted by atomic mass is 16.5. The minimum Gasteiger partial charge on any atom is -0.457 e. The number of para-hydroxylation sites is 1. The fourth-order valence-electron chi connectivity index (χ4n) is 2.08. The van der Waals surface area contributed by atoms with E-state index < -0.39 is 0 Å². The molecule has 0 bridgehead atoms. The van der Waals surface area contributed by atoms with Crippen molar-refractivity contribution in [3.8, 4) is 11.5 Å². The van der Waals surface area contributed by atoms with E-state index in [4.69, 9.17) is 4.74 Å². The number of aryl methyl sites for hydroxylation is 1. The van der Waals surface area contributed by atoms with Crippen LogP contribution in [0.4, 0.5) is 0 Å². The molecule has 0 saturated carbocycles. The first kappa shape index (κ1) is 16.0. The number of benzene rings is 2. The molecule has 0 aliphatic rings. The van der Waals surface area contributed by atoms with Crippen molar-refractivity contribution < 1.29 is 9.53 Å². The summed E-state index contributed by atoms with van der Waals surface area (Å²) < 4.78 is 5.94. The SMILES string of the molecule is CNCCC(=O)NCc1ccccc1Oc1cccc(C)c1. The first-order chi connectivity index (χ1) is 10.7. The largest absolute Gasteiger partial charge is 0.457 e. The smallest absolute Gasteiger partial charge is 0.221 e. The lowest BCUT2D eigenvalue weighted by molar-refractivity contribution is -0.121. The van der Waals surface area contributed by atoms with Gasteiger partial charge in [0, 0.05) is 25.1 Å². The molecule has 0 heterocycles. The van der Waals surface area contributed by atoms with Crippen molar-refractivity contribution in [3.63, 3.8) is 0 Å². The fourth-order valence-corrected chi connectivity index (χ4v) is 2.08. The third-order valence-corrected chi connectivity index (χ3v) is 3.27. The Bertz CT molecular complexity index is 626. The Labute approximate surface area is 131 Å². The number of carbonyl (C=O) groups excluding carboxylic acids is 1. The van der Waals surface area contributed by atoms with Gasteiger partial charge in [-0.15, -0.1) is 0 Å². The molecule has 4 heteroatoms. The van der Waals surface area contributed by atoms with Gasteiger partial charge in [0.1, 0.15) is 11.5 Å². The van der Waals surface area contributed by atoms with E-state index in [1.807, 2.05) is 62.5 Å². The summed E-state index contributed by atoms with van der Waals surface area (Å²) in [5, 5.41) is 5.87. The van der Waals surface area contributed by atoms with Crippen LogP contribution in [0.5, 0.6) is 11.5 Å². The Kier molecular flexibility index (Phi) is 5.98. The first-order valence-corrected chi connectivity index (χ1v) is 7.43. The van der Waals surface area contributed by atoms with Gasteiger partial charge >= 0.3 is 0 Å². The zero-order valence-electron chi connectivity index (χ0n) is 13.1. The van der Waals surface area contributed by atoms with E-state index in [-0.39, 0.29) is 5.91 Å². The average molecular weight is 298 g/mol. The maximum atomic E-state index is 11.7. The van der Waals surface area contributed by atoms with E-state index in [9.17, 15) is 4.79 Å². The van der Waals surface area contributed by atoms with Crippen molar-refractivity contribution in [3.05, 3.63) is 59.7 Å². The summed E-state index contributed by atoms with van der Waals surface area (Å²) in [6, 6.07) is 15.7. The number of hydrogen-bond acceptors (Lipinski definition) is 3. The van der Waals surface area contributed by atoms with Crippen LogP contribution in [0.2, 0.25) is 0 Å². The van der Waals surface area contributed by atoms with Crippen LogP contribution in [0.25, 0.3) is 0 Å². The molecule has 2 rings (SSSR count). The molecule has 2 aromatic carbocycles. The van der Waals surface area contributed by atoms with E-state index in [0.717, 1.165) is 22.6 Å². The van der Waals surface area contributed by atoms with Crippen LogP contribution in [0, 0.1) is 6.92 Å². The van der Waals surface area contributed by atoms with Gasteiger partial charge in [-0.05, 0) is 37.7 Å². The fraction of sp³-hybridized carbons (Fsp3) is 0.278.